The standard InChI is InChI=1S/C12H25NO/c1-4-11(5-2)9-12(14)7-6-8-13(3)10-12/h11,14H,4-10H2,1-3H3. The van der Waals surface area contributed by atoms with Gasteiger partial charge in [0.15, 0.2) is 0 Å². The molecule has 1 aliphatic rings. The lowest BCUT2D eigenvalue weighted by Crippen LogP contribution is -2.47. The van der Waals surface area contributed by atoms with Gasteiger partial charge in [-0.25, -0.2) is 0 Å². The van der Waals surface area contributed by atoms with Gasteiger partial charge in [-0.2, -0.15) is 0 Å². The van der Waals surface area contributed by atoms with E-state index in [4.69, 9.17) is 0 Å². The van der Waals surface area contributed by atoms with Gasteiger partial charge >= 0.3 is 0 Å². The van der Waals surface area contributed by atoms with E-state index in [2.05, 4.69) is 25.8 Å². The number of piperidine rings is 1. The summed E-state index contributed by atoms with van der Waals surface area (Å²) < 4.78 is 0. The third kappa shape index (κ3) is 3.25. The normalized spacial score (nSPS) is 29.8. The van der Waals surface area contributed by atoms with Crippen LogP contribution >= 0.6 is 0 Å². The van der Waals surface area contributed by atoms with Crippen LogP contribution in [-0.2, 0) is 0 Å². The second-order valence-electron chi connectivity index (χ2n) is 4.95. The Labute approximate surface area is 88.3 Å². The van der Waals surface area contributed by atoms with Crippen LogP contribution in [0.5, 0.6) is 0 Å². The minimum atomic E-state index is -0.399. The van der Waals surface area contributed by atoms with E-state index in [1.54, 1.807) is 0 Å². The molecule has 1 unspecified atom stereocenters. The summed E-state index contributed by atoms with van der Waals surface area (Å²) >= 11 is 0. The van der Waals surface area contributed by atoms with E-state index >= 15 is 0 Å². The minimum absolute atomic E-state index is 0.399. The van der Waals surface area contributed by atoms with Crippen LogP contribution in [0.2, 0.25) is 0 Å². The van der Waals surface area contributed by atoms with Crippen LogP contribution in [0, 0.1) is 5.92 Å². The lowest BCUT2D eigenvalue weighted by Gasteiger charge is -2.39. The Kier molecular flexibility index (Phi) is 4.39. The van der Waals surface area contributed by atoms with Crippen molar-refractivity contribution in [3.05, 3.63) is 0 Å². The SMILES string of the molecule is CCC(CC)CC1(O)CCCN(C)C1. The Bertz CT molecular complexity index is 168. The summed E-state index contributed by atoms with van der Waals surface area (Å²) in [7, 11) is 2.11. The number of likely N-dealkylation sites (N-methyl/N-ethyl adjacent to an activating group) is 1. The van der Waals surface area contributed by atoms with Gasteiger partial charge in [-0.3, -0.25) is 0 Å². The lowest BCUT2D eigenvalue weighted by molar-refractivity contribution is -0.0416. The highest BCUT2D eigenvalue weighted by molar-refractivity contribution is 4.87. The molecule has 2 heteroatoms. The van der Waals surface area contributed by atoms with E-state index in [1.807, 2.05) is 0 Å². The van der Waals surface area contributed by atoms with Crippen LogP contribution < -0.4 is 0 Å². The molecule has 1 rings (SSSR count). The predicted molar refractivity (Wildman–Crippen MR) is 60.4 cm³/mol. The van der Waals surface area contributed by atoms with Crippen molar-refractivity contribution >= 4 is 0 Å². The topological polar surface area (TPSA) is 23.5 Å². The Morgan fingerprint density at radius 2 is 2.00 bits per heavy atom. The third-order valence-electron chi connectivity index (χ3n) is 3.57. The zero-order valence-electron chi connectivity index (χ0n) is 9.92. The number of hydrogen-bond donors (Lipinski definition) is 1. The first-order valence-electron chi connectivity index (χ1n) is 6.00. The Hall–Kier alpha value is -0.0800. The predicted octanol–water partition coefficient (Wildman–Crippen LogP) is 2.27. The third-order valence-corrected chi connectivity index (χ3v) is 3.57. The van der Waals surface area contributed by atoms with Crippen LogP contribution in [0.3, 0.4) is 0 Å². The zero-order chi connectivity index (χ0) is 10.6. The molecule has 0 aliphatic carbocycles. The van der Waals surface area contributed by atoms with Gasteiger partial charge in [0.2, 0.25) is 0 Å². The number of rotatable bonds is 4. The molecule has 1 aliphatic heterocycles. The molecule has 0 aromatic carbocycles. The van der Waals surface area contributed by atoms with Gasteiger partial charge in [0.05, 0.1) is 5.60 Å². The first-order chi connectivity index (χ1) is 6.59. The fourth-order valence-corrected chi connectivity index (χ4v) is 2.62. The highest BCUT2D eigenvalue weighted by Crippen LogP contribution is 2.29. The van der Waals surface area contributed by atoms with Gasteiger partial charge in [0.1, 0.15) is 0 Å². The van der Waals surface area contributed by atoms with Crippen LogP contribution in [0.25, 0.3) is 0 Å². The second kappa shape index (κ2) is 5.13. The number of hydrogen-bond acceptors (Lipinski definition) is 2. The quantitative estimate of drug-likeness (QED) is 0.751. The molecule has 1 heterocycles. The highest BCUT2D eigenvalue weighted by atomic mass is 16.3. The molecular weight excluding hydrogens is 174 g/mol. The minimum Gasteiger partial charge on any atom is -0.389 e. The summed E-state index contributed by atoms with van der Waals surface area (Å²) in [5.74, 6) is 0.700. The summed E-state index contributed by atoms with van der Waals surface area (Å²) in [6, 6.07) is 0. The smallest absolute Gasteiger partial charge is 0.0777 e. The average molecular weight is 199 g/mol. The number of β-amino-alcohol motifs (C(OH)–C–C–N with tert-alkyl or cyclic N) is 1. The van der Waals surface area contributed by atoms with E-state index in [0.29, 0.717) is 5.92 Å². The molecule has 0 aromatic rings. The Balaban J connectivity index is 2.46. The number of nitrogens with zero attached hydrogens (tertiary/aromatic N) is 1. The largest absolute Gasteiger partial charge is 0.389 e. The maximum absolute atomic E-state index is 10.4. The summed E-state index contributed by atoms with van der Waals surface area (Å²) in [4.78, 5) is 2.26. The Morgan fingerprint density at radius 1 is 1.36 bits per heavy atom. The molecule has 1 N–H and O–H groups in total. The van der Waals surface area contributed by atoms with Crippen molar-refractivity contribution in [2.45, 2.75) is 51.6 Å². The molecule has 2 nitrogen and oxygen atoms in total. The van der Waals surface area contributed by atoms with Crippen LogP contribution in [0.1, 0.15) is 46.0 Å². The van der Waals surface area contributed by atoms with Crippen LogP contribution in [0.4, 0.5) is 0 Å². The van der Waals surface area contributed by atoms with E-state index < -0.39 is 5.60 Å². The first kappa shape index (κ1) is 12.0. The van der Waals surface area contributed by atoms with Crippen molar-refractivity contribution in [3.63, 3.8) is 0 Å². The van der Waals surface area contributed by atoms with Gasteiger partial charge in [0, 0.05) is 6.54 Å². The highest BCUT2D eigenvalue weighted by Gasteiger charge is 2.33. The van der Waals surface area contributed by atoms with Crippen molar-refractivity contribution in [2.24, 2.45) is 5.92 Å². The summed E-state index contributed by atoms with van der Waals surface area (Å²) in [5, 5.41) is 10.4. The molecule has 0 radical (unpaired) electrons. The molecule has 1 fully saturated rings. The van der Waals surface area contributed by atoms with Gasteiger partial charge in [-0.15, -0.1) is 0 Å². The van der Waals surface area contributed by atoms with Gasteiger partial charge < -0.3 is 10.0 Å². The van der Waals surface area contributed by atoms with Crippen molar-refractivity contribution in [1.82, 2.24) is 4.90 Å². The van der Waals surface area contributed by atoms with E-state index in [-0.39, 0.29) is 0 Å². The molecular formula is C12H25NO. The van der Waals surface area contributed by atoms with Crippen molar-refractivity contribution in [2.75, 3.05) is 20.1 Å². The van der Waals surface area contributed by atoms with Crippen molar-refractivity contribution < 1.29 is 5.11 Å². The van der Waals surface area contributed by atoms with Crippen molar-refractivity contribution in [1.29, 1.82) is 0 Å². The molecule has 14 heavy (non-hydrogen) atoms. The van der Waals surface area contributed by atoms with Crippen LogP contribution in [0.15, 0.2) is 0 Å². The average Bonchev–Trinajstić information content (AvgIpc) is 2.14. The lowest BCUT2D eigenvalue weighted by atomic mass is 9.82. The van der Waals surface area contributed by atoms with Gasteiger partial charge in [0.25, 0.3) is 0 Å². The van der Waals surface area contributed by atoms with E-state index in [9.17, 15) is 5.11 Å². The summed E-state index contributed by atoms with van der Waals surface area (Å²) in [5.41, 5.74) is -0.399. The zero-order valence-corrected chi connectivity index (χ0v) is 9.92. The molecule has 0 aromatic heterocycles. The van der Waals surface area contributed by atoms with E-state index in [0.717, 1.165) is 32.4 Å². The molecule has 84 valence electrons. The molecule has 1 saturated heterocycles. The van der Waals surface area contributed by atoms with Crippen molar-refractivity contribution in [3.8, 4) is 0 Å². The summed E-state index contributed by atoms with van der Waals surface area (Å²) in [6.45, 7) is 6.46. The molecule has 0 bridgehead atoms. The number of likely N-dealkylation sites (tertiary alicyclic amines) is 1. The molecule has 0 amide bonds. The fourth-order valence-electron chi connectivity index (χ4n) is 2.62. The maximum Gasteiger partial charge on any atom is 0.0777 e. The molecule has 0 saturated carbocycles. The van der Waals surface area contributed by atoms with Crippen LogP contribution in [-0.4, -0.2) is 35.7 Å². The van der Waals surface area contributed by atoms with E-state index in [1.165, 1.54) is 12.8 Å². The summed E-state index contributed by atoms with van der Waals surface area (Å²) in [6.07, 6.45) is 5.52. The maximum atomic E-state index is 10.4. The number of aliphatic hydroxyl groups is 1. The monoisotopic (exact) mass is 199 g/mol. The Morgan fingerprint density at radius 3 is 2.50 bits per heavy atom. The second-order valence-corrected chi connectivity index (χ2v) is 4.95. The molecule has 0 spiro atoms. The molecule has 1 atom stereocenters. The van der Waals surface area contributed by atoms with Gasteiger partial charge in [-0.05, 0) is 38.8 Å². The first-order valence-corrected chi connectivity index (χ1v) is 6.00. The van der Waals surface area contributed by atoms with Gasteiger partial charge in [-0.1, -0.05) is 26.7 Å². The fraction of sp³-hybridized carbons (Fsp3) is 1.00.